The highest BCUT2D eigenvalue weighted by Crippen LogP contribution is 2.26. The summed E-state index contributed by atoms with van der Waals surface area (Å²) >= 11 is 0. The van der Waals surface area contributed by atoms with Crippen molar-refractivity contribution >= 4 is 17.4 Å². The van der Waals surface area contributed by atoms with Crippen LogP contribution in [0.25, 0.3) is 0 Å². The van der Waals surface area contributed by atoms with Gasteiger partial charge in [-0.15, -0.1) is 0 Å². The topological polar surface area (TPSA) is 63.0 Å². The first kappa shape index (κ1) is 13.5. The van der Waals surface area contributed by atoms with Crippen molar-refractivity contribution in [2.45, 2.75) is 33.4 Å². The molecule has 0 aromatic rings. The quantitative estimate of drug-likeness (QED) is 0.771. The van der Waals surface area contributed by atoms with Crippen molar-refractivity contribution in [3.8, 4) is 0 Å². The molecule has 1 N–H and O–H groups in total. The van der Waals surface area contributed by atoms with Crippen LogP contribution in [0.5, 0.6) is 0 Å². The third kappa shape index (κ3) is 2.75. The number of hydrogen-bond donors (Lipinski definition) is 1. The summed E-state index contributed by atoms with van der Waals surface area (Å²) in [5.74, 6) is -0.269. The third-order valence-electron chi connectivity index (χ3n) is 3.00. The molecule has 19 heavy (non-hydrogen) atoms. The average Bonchev–Trinajstić information content (AvgIpc) is 2.50. The fraction of sp³-hybridized carbons (Fsp3) is 0.500. The first-order valence-corrected chi connectivity index (χ1v) is 6.37. The van der Waals surface area contributed by atoms with Crippen molar-refractivity contribution in [1.29, 1.82) is 0 Å². The number of rotatable bonds is 2. The van der Waals surface area contributed by atoms with Crippen LogP contribution in [0.1, 0.15) is 27.7 Å². The van der Waals surface area contributed by atoms with Gasteiger partial charge in [-0.1, -0.05) is 12.2 Å². The molecule has 1 aliphatic carbocycles. The van der Waals surface area contributed by atoms with Crippen molar-refractivity contribution in [3.05, 3.63) is 24.3 Å². The molecule has 0 saturated carbocycles. The minimum Gasteiger partial charge on any atom is -0.465 e. The minimum absolute atomic E-state index is 0.269. The summed E-state index contributed by atoms with van der Waals surface area (Å²) in [4.78, 5) is 16.5. The van der Waals surface area contributed by atoms with Crippen molar-refractivity contribution in [3.63, 3.8) is 0 Å². The molecule has 5 heteroatoms. The van der Waals surface area contributed by atoms with Gasteiger partial charge in [0.25, 0.3) is 0 Å². The van der Waals surface area contributed by atoms with E-state index in [1.165, 1.54) is 0 Å². The van der Waals surface area contributed by atoms with Crippen LogP contribution in [0.3, 0.4) is 0 Å². The molecule has 2 aliphatic rings. The molecule has 0 radical (unpaired) electrons. The predicted octanol–water partition coefficient (Wildman–Crippen LogP) is 1.82. The zero-order valence-electron chi connectivity index (χ0n) is 11.7. The van der Waals surface area contributed by atoms with Gasteiger partial charge < -0.3 is 4.74 Å². The predicted molar refractivity (Wildman–Crippen MR) is 75.1 cm³/mol. The maximum Gasteiger partial charge on any atom is 0.319 e. The molecule has 0 spiro atoms. The molecule has 1 atom stereocenters. The molecule has 1 aliphatic heterocycles. The van der Waals surface area contributed by atoms with Gasteiger partial charge in [-0.25, -0.2) is 0 Å². The number of ether oxygens (including phenoxy) is 1. The van der Waals surface area contributed by atoms with E-state index in [1.807, 2.05) is 32.9 Å². The van der Waals surface area contributed by atoms with Gasteiger partial charge in [-0.2, -0.15) is 5.10 Å². The lowest BCUT2D eigenvalue weighted by Gasteiger charge is -2.25. The van der Waals surface area contributed by atoms with E-state index < -0.39 is 11.1 Å². The number of allylic oxidation sites excluding steroid dienone is 2. The van der Waals surface area contributed by atoms with E-state index >= 15 is 0 Å². The minimum atomic E-state index is -0.775. The van der Waals surface area contributed by atoms with Crippen molar-refractivity contribution in [1.82, 2.24) is 5.43 Å². The smallest absolute Gasteiger partial charge is 0.319 e. The lowest BCUT2D eigenvalue weighted by atomic mass is 9.90. The van der Waals surface area contributed by atoms with E-state index in [9.17, 15) is 4.79 Å². The Morgan fingerprint density at radius 3 is 2.53 bits per heavy atom. The van der Waals surface area contributed by atoms with Crippen LogP contribution in [-0.4, -0.2) is 29.7 Å². The van der Waals surface area contributed by atoms with Gasteiger partial charge in [0.15, 0.2) is 0 Å². The molecule has 0 aromatic heterocycles. The first-order valence-electron chi connectivity index (χ1n) is 6.37. The number of carbonyl (C=O) groups is 1. The Kier molecular flexibility index (Phi) is 3.30. The summed E-state index contributed by atoms with van der Waals surface area (Å²) in [5.41, 5.74) is 3.26. The number of aliphatic imine (C=N–C) groups is 1. The molecule has 0 amide bonds. The van der Waals surface area contributed by atoms with Gasteiger partial charge in [0.2, 0.25) is 0 Å². The Balaban J connectivity index is 2.35. The summed E-state index contributed by atoms with van der Waals surface area (Å²) in [6, 6.07) is 0. The van der Waals surface area contributed by atoms with Crippen LogP contribution in [0.2, 0.25) is 0 Å². The van der Waals surface area contributed by atoms with Gasteiger partial charge in [0.1, 0.15) is 16.8 Å². The zero-order chi connectivity index (χ0) is 14.1. The zero-order valence-corrected chi connectivity index (χ0v) is 11.7. The van der Waals surface area contributed by atoms with E-state index in [0.29, 0.717) is 6.61 Å². The molecule has 5 nitrogen and oxygen atoms in total. The SMILES string of the molecule is CCOC(=O)[C@]1(C)C=CC2=NNC(C)(C)N=C2C=C1. The fourth-order valence-corrected chi connectivity index (χ4v) is 1.87. The van der Waals surface area contributed by atoms with Crippen molar-refractivity contribution in [2.24, 2.45) is 15.5 Å². The fourth-order valence-electron chi connectivity index (χ4n) is 1.87. The van der Waals surface area contributed by atoms with Gasteiger partial charge in [-0.05, 0) is 39.8 Å². The van der Waals surface area contributed by atoms with Crippen LogP contribution in [0.4, 0.5) is 0 Å². The Labute approximate surface area is 113 Å². The van der Waals surface area contributed by atoms with Crippen LogP contribution in [0, 0.1) is 5.41 Å². The summed E-state index contributed by atoms with van der Waals surface area (Å²) < 4.78 is 5.10. The maximum atomic E-state index is 12.0. The highest BCUT2D eigenvalue weighted by molar-refractivity contribution is 6.51. The van der Waals surface area contributed by atoms with Gasteiger partial charge in [0, 0.05) is 0 Å². The highest BCUT2D eigenvalue weighted by Gasteiger charge is 2.32. The van der Waals surface area contributed by atoms with Crippen LogP contribution in [0.15, 0.2) is 34.4 Å². The highest BCUT2D eigenvalue weighted by atomic mass is 16.5. The van der Waals surface area contributed by atoms with E-state index in [-0.39, 0.29) is 5.97 Å². The molecule has 1 heterocycles. The molecule has 0 saturated heterocycles. The first-order chi connectivity index (χ1) is 8.86. The average molecular weight is 261 g/mol. The molecular weight excluding hydrogens is 242 g/mol. The number of nitrogens with zero attached hydrogens (tertiary/aromatic N) is 2. The molecule has 0 unspecified atom stereocenters. The number of nitrogens with one attached hydrogen (secondary N) is 1. The Morgan fingerprint density at radius 2 is 1.89 bits per heavy atom. The summed E-state index contributed by atoms with van der Waals surface area (Å²) in [6.45, 7) is 7.86. The second-order valence-corrected chi connectivity index (χ2v) is 5.33. The molecule has 0 aromatic carbocycles. The maximum absolute atomic E-state index is 12.0. The van der Waals surface area contributed by atoms with Crippen molar-refractivity contribution in [2.75, 3.05) is 6.61 Å². The second-order valence-electron chi connectivity index (χ2n) is 5.33. The van der Waals surface area contributed by atoms with E-state index in [2.05, 4.69) is 15.5 Å². The lowest BCUT2D eigenvalue weighted by molar-refractivity contribution is -0.149. The lowest BCUT2D eigenvalue weighted by Crippen LogP contribution is -2.40. The summed E-state index contributed by atoms with van der Waals surface area (Å²) in [7, 11) is 0. The summed E-state index contributed by atoms with van der Waals surface area (Å²) in [6.07, 6.45) is 7.24. The largest absolute Gasteiger partial charge is 0.465 e. The number of hydrazone groups is 1. The van der Waals surface area contributed by atoms with Crippen LogP contribution >= 0.6 is 0 Å². The number of fused-ring (bicyclic) bond motifs is 1. The van der Waals surface area contributed by atoms with Gasteiger partial charge in [-0.3, -0.25) is 15.2 Å². The van der Waals surface area contributed by atoms with Crippen LogP contribution < -0.4 is 5.43 Å². The second kappa shape index (κ2) is 4.64. The van der Waals surface area contributed by atoms with E-state index in [0.717, 1.165) is 11.4 Å². The monoisotopic (exact) mass is 261 g/mol. The van der Waals surface area contributed by atoms with Crippen molar-refractivity contribution < 1.29 is 9.53 Å². The Morgan fingerprint density at radius 1 is 1.26 bits per heavy atom. The number of carbonyl (C=O) groups excluding carboxylic acids is 1. The molecule has 0 bridgehead atoms. The number of esters is 1. The number of hydrogen-bond acceptors (Lipinski definition) is 5. The van der Waals surface area contributed by atoms with Gasteiger partial charge in [0.05, 0.1) is 12.3 Å². The molecule has 0 fully saturated rings. The third-order valence-corrected chi connectivity index (χ3v) is 3.00. The van der Waals surface area contributed by atoms with Gasteiger partial charge >= 0.3 is 5.97 Å². The molecule has 102 valence electrons. The normalized spacial score (nSPS) is 27.6. The standard InChI is InChI=1S/C14H19N3O2/c1-5-19-12(18)14(4)8-6-10-11(7-9-14)16-17-13(2,3)15-10/h6-9,17H,5H2,1-4H3/t14-/m0/s1. The molecule has 2 rings (SSSR count). The Bertz CT molecular complexity index is 515. The molecular formula is C14H19N3O2. The van der Waals surface area contributed by atoms with E-state index in [1.54, 1.807) is 19.1 Å². The van der Waals surface area contributed by atoms with Crippen LogP contribution in [-0.2, 0) is 9.53 Å². The summed E-state index contributed by atoms with van der Waals surface area (Å²) in [5, 5.41) is 4.28. The Hall–Kier alpha value is -1.91. The van der Waals surface area contributed by atoms with E-state index in [4.69, 9.17) is 4.74 Å².